The number of nitrogens with zero attached hydrogens (tertiary/aromatic N) is 4. The fourth-order valence-corrected chi connectivity index (χ4v) is 4.20. The molecule has 1 aliphatic heterocycles. The van der Waals surface area contributed by atoms with Gasteiger partial charge in [-0.05, 0) is 29.3 Å². The molecule has 4 rings (SSSR count). The van der Waals surface area contributed by atoms with Crippen LogP contribution in [0.25, 0.3) is 5.69 Å². The Morgan fingerprint density at radius 1 is 1.19 bits per heavy atom. The molecule has 2 aromatic carbocycles. The van der Waals surface area contributed by atoms with Gasteiger partial charge in [0, 0.05) is 30.0 Å². The summed E-state index contributed by atoms with van der Waals surface area (Å²) in [5, 5.41) is 14.0. The smallest absolute Gasteiger partial charge is 0.308 e. The predicted molar refractivity (Wildman–Crippen MR) is 105 cm³/mol. The highest BCUT2D eigenvalue weighted by molar-refractivity contribution is 9.10. The minimum atomic E-state index is -0.743. The molecule has 0 unspecified atom stereocenters. The van der Waals surface area contributed by atoms with E-state index in [1.165, 1.54) is 6.33 Å². The van der Waals surface area contributed by atoms with Gasteiger partial charge in [-0.1, -0.05) is 46.3 Å². The minimum Gasteiger partial charge on any atom is -0.481 e. The quantitative estimate of drug-likeness (QED) is 0.677. The minimum absolute atomic E-state index is 0.0291. The second-order valence-corrected chi connectivity index (χ2v) is 7.68. The fourth-order valence-electron chi connectivity index (χ4n) is 3.78. The van der Waals surface area contributed by atoms with Crippen LogP contribution in [0.3, 0.4) is 0 Å². The topological polar surface area (TPSA) is 71.2 Å². The van der Waals surface area contributed by atoms with Gasteiger partial charge < -0.3 is 5.11 Å². The molecule has 0 amide bonds. The van der Waals surface area contributed by atoms with Gasteiger partial charge in [0.2, 0.25) is 0 Å². The number of benzene rings is 2. The number of carboxylic acids is 1. The maximum atomic E-state index is 11.9. The van der Waals surface area contributed by atoms with Crippen molar-refractivity contribution < 1.29 is 9.90 Å². The van der Waals surface area contributed by atoms with Crippen LogP contribution in [0.4, 0.5) is 0 Å². The number of hydrogen-bond donors (Lipinski definition) is 1. The highest BCUT2D eigenvalue weighted by atomic mass is 79.9. The third-order valence-electron chi connectivity index (χ3n) is 5.04. The number of rotatable bonds is 5. The zero-order chi connectivity index (χ0) is 18.8. The van der Waals surface area contributed by atoms with Gasteiger partial charge in [-0.15, -0.1) is 0 Å². The van der Waals surface area contributed by atoms with E-state index in [0.29, 0.717) is 19.6 Å². The van der Waals surface area contributed by atoms with E-state index < -0.39 is 11.9 Å². The molecule has 3 aromatic rings. The van der Waals surface area contributed by atoms with Crippen LogP contribution in [0.2, 0.25) is 0 Å². The number of aliphatic carboxylic acids is 1. The predicted octanol–water partition coefficient (Wildman–Crippen LogP) is 3.33. The van der Waals surface area contributed by atoms with Crippen LogP contribution in [-0.4, -0.2) is 43.8 Å². The first kappa shape index (κ1) is 17.9. The van der Waals surface area contributed by atoms with Crippen LogP contribution in [0.5, 0.6) is 0 Å². The molecule has 0 spiro atoms. The van der Waals surface area contributed by atoms with E-state index in [9.17, 15) is 9.90 Å². The summed E-state index contributed by atoms with van der Waals surface area (Å²) in [7, 11) is 0. The first-order chi connectivity index (χ1) is 13.1. The molecule has 0 aliphatic carbocycles. The lowest BCUT2D eigenvalue weighted by atomic mass is 9.89. The van der Waals surface area contributed by atoms with Gasteiger partial charge >= 0.3 is 5.97 Å². The van der Waals surface area contributed by atoms with E-state index in [-0.39, 0.29) is 5.92 Å². The van der Waals surface area contributed by atoms with Crippen molar-refractivity contribution >= 4 is 21.9 Å². The first-order valence-electron chi connectivity index (χ1n) is 8.75. The largest absolute Gasteiger partial charge is 0.481 e. The lowest BCUT2D eigenvalue weighted by molar-refractivity contribution is -0.141. The normalized spacial score (nSPS) is 20.0. The number of carbonyl (C=O) groups is 1. The van der Waals surface area contributed by atoms with Gasteiger partial charge in [0.05, 0.1) is 11.6 Å². The van der Waals surface area contributed by atoms with Gasteiger partial charge in [0.15, 0.2) is 0 Å². The van der Waals surface area contributed by atoms with Crippen molar-refractivity contribution in [2.24, 2.45) is 5.92 Å². The van der Waals surface area contributed by atoms with Gasteiger partial charge in [0.1, 0.15) is 12.7 Å². The van der Waals surface area contributed by atoms with E-state index >= 15 is 0 Å². The Morgan fingerprint density at radius 2 is 2.04 bits per heavy atom. The fraction of sp³-hybridized carbons (Fsp3) is 0.250. The van der Waals surface area contributed by atoms with Gasteiger partial charge in [-0.25, -0.2) is 9.67 Å². The Kier molecular flexibility index (Phi) is 5.05. The van der Waals surface area contributed by atoms with Crippen LogP contribution in [0.1, 0.15) is 17.0 Å². The molecule has 2 heterocycles. The zero-order valence-corrected chi connectivity index (χ0v) is 16.2. The van der Waals surface area contributed by atoms with Crippen molar-refractivity contribution in [1.29, 1.82) is 0 Å². The van der Waals surface area contributed by atoms with Crippen molar-refractivity contribution in [3.63, 3.8) is 0 Å². The van der Waals surface area contributed by atoms with E-state index in [0.717, 1.165) is 21.3 Å². The molecule has 1 fully saturated rings. The summed E-state index contributed by atoms with van der Waals surface area (Å²) in [4.78, 5) is 18.1. The second kappa shape index (κ2) is 7.62. The SMILES string of the molecule is O=C(O)[C@@H]1CN(Cc2ccccc2-n2cncn2)C[C@H]1c1cccc(Br)c1. The Bertz CT molecular complexity index is 945. The first-order valence-corrected chi connectivity index (χ1v) is 9.54. The number of carboxylic acid groups (broad SMARTS) is 1. The lowest BCUT2D eigenvalue weighted by Crippen LogP contribution is -2.23. The Morgan fingerprint density at radius 3 is 2.78 bits per heavy atom. The molecule has 1 N–H and O–H groups in total. The van der Waals surface area contributed by atoms with E-state index in [1.54, 1.807) is 11.0 Å². The number of hydrogen-bond acceptors (Lipinski definition) is 4. The maximum Gasteiger partial charge on any atom is 0.308 e. The number of halogens is 1. The van der Waals surface area contributed by atoms with E-state index in [1.807, 2.05) is 42.5 Å². The molecular formula is C20H19BrN4O2. The molecule has 1 saturated heterocycles. The average Bonchev–Trinajstić information content (AvgIpc) is 3.32. The summed E-state index contributed by atoms with van der Waals surface area (Å²) >= 11 is 3.49. The van der Waals surface area contributed by atoms with Crippen LogP contribution in [0, 0.1) is 5.92 Å². The molecule has 0 radical (unpaired) electrons. The Labute approximate surface area is 165 Å². The van der Waals surface area contributed by atoms with E-state index in [4.69, 9.17) is 0 Å². The zero-order valence-electron chi connectivity index (χ0n) is 14.6. The third-order valence-corrected chi connectivity index (χ3v) is 5.53. The molecule has 0 saturated carbocycles. The Balaban J connectivity index is 1.59. The highest BCUT2D eigenvalue weighted by Gasteiger charge is 2.38. The van der Waals surface area contributed by atoms with Crippen LogP contribution < -0.4 is 0 Å². The molecule has 138 valence electrons. The molecule has 27 heavy (non-hydrogen) atoms. The van der Waals surface area contributed by atoms with Crippen LogP contribution in [-0.2, 0) is 11.3 Å². The summed E-state index contributed by atoms with van der Waals surface area (Å²) in [5.74, 6) is -1.19. The number of likely N-dealkylation sites (tertiary alicyclic amines) is 1. The molecule has 6 nitrogen and oxygen atoms in total. The lowest BCUT2D eigenvalue weighted by Gasteiger charge is -2.18. The van der Waals surface area contributed by atoms with Crippen molar-refractivity contribution in [1.82, 2.24) is 19.7 Å². The van der Waals surface area contributed by atoms with Crippen LogP contribution in [0.15, 0.2) is 65.7 Å². The summed E-state index contributed by atoms with van der Waals surface area (Å²) in [5.41, 5.74) is 3.12. The van der Waals surface area contributed by atoms with Gasteiger partial charge in [-0.3, -0.25) is 9.69 Å². The molecule has 2 atom stereocenters. The molecular weight excluding hydrogens is 408 g/mol. The molecule has 1 aliphatic rings. The van der Waals surface area contributed by atoms with Gasteiger partial charge in [0.25, 0.3) is 0 Å². The molecule has 7 heteroatoms. The Hall–Kier alpha value is -2.51. The average molecular weight is 427 g/mol. The van der Waals surface area contributed by atoms with Crippen molar-refractivity contribution in [3.8, 4) is 5.69 Å². The van der Waals surface area contributed by atoms with Crippen molar-refractivity contribution in [3.05, 3.63) is 76.8 Å². The second-order valence-electron chi connectivity index (χ2n) is 6.77. The van der Waals surface area contributed by atoms with Gasteiger partial charge in [-0.2, -0.15) is 5.10 Å². The number of aromatic nitrogens is 3. The summed E-state index contributed by atoms with van der Waals surface area (Å²) < 4.78 is 2.71. The third kappa shape index (κ3) is 3.79. The highest BCUT2D eigenvalue weighted by Crippen LogP contribution is 2.35. The monoisotopic (exact) mass is 426 g/mol. The van der Waals surface area contributed by atoms with Crippen molar-refractivity contribution in [2.45, 2.75) is 12.5 Å². The van der Waals surface area contributed by atoms with E-state index in [2.05, 4.69) is 37.0 Å². The summed E-state index contributed by atoms with van der Waals surface area (Å²) in [6, 6.07) is 16.0. The number of para-hydroxylation sites is 1. The summed E-state index contributed by atoms with van der Waals surface area (Å²) in [6.07, 6.45) is 3.18. The molecule has 0 bridgehead atoms. The molecule has 1 aromatic heterocycles. The standard InChI is InChI=1S/C20H19BrN4O2/c21-16-6-3-5-14(8-16)17-10-24(11-18(17)20(26)27)9-15-4-1-2-7-19(15)25-13-22-12-23-25/h1-8,12-13,17-18H,9-11H2,(H,26,27)/t17-,18+/m0/s1. The summed E-state index contributed by atoms with van der Waals surface area (Å²) in [6.45, 7) is 1.90. The van der Waals surface area contributed by atoms with Crippen LogP contribution >= 0.6 is 15.9 Å². The maximum absolute atomic E-state index is 11.9. The van der Waals surface area contributed by atoms with Crippen molar-refractivity contribution in [2.75, 3.05) is 13.1 Å².